The van der Waals surface area contributed by atoms with Crippen LogP contribution in [0.2, 0.25) is 0 Å². The SMILES string of the molecule is C=C(C)C(=O)OCC(C)(C)CO. The topological polar surface area (TPSA) is 46.5 Å². The second-order valence-electron chi connectivity index (χ2n) is 3.68. The minimum absolute atomic E-state index is 0.00350. The Labute approximate surface area is 73.0 Å². The Morgan fingerprint density at radius 3 is 2.42 bits per heavy atom. The molecule has 0 amide bonds. The number of aliphatic hydroxyl groups is 1. The van der Waals surface area contributed by atoms with Crippen molar-refractivity contribution >= 4 is 5.97 Å². The molecule has 0 aliphatic carbocycles. The number of aliphatic hydroxyl groups excluding tert-OH is 1. The molecule has 0 saturated heterocycles. The maximum absolute atomic E-state index is 10.9. The van der Waals surface area contributed by atoms with E-state index in [0.29, 0.717) is 5.57 Å². The van der Waals surface area contributed by atoms with Gasteiger partial charge in [0.2, 0.25) is 0 Å². The predicted molar refractivity (Wildman–Crippen MR) is 46.6 cm³/mol. The molecule has 0 saturated carbocycles. The molecule has 3 heteroatoms. The molecule has 0 aromatic carbocycles. The predicted octanol–water partition coefficient (Wildman–Crippen LogP) is 1.12. The number of esters is 1. The van der Waals surface area contributed by atoms with E-state index in [4.69, 9.17) is 9.84 Å². The minimum atomic E-state index is -0.406. The highest BCUT2D eigenvalue weighted by Crippen LogP contribution is 2.14. The fourth-order valence-electron chi connectivity index (χ4n) is 0.430. The van der Waals surface area contributed by atoms with Crippen molar-refractivity contribution in [1.82, 2.24) is 0 Å². The standard InChI is InChI=1S/C9H16O3/c1-7(2)8(11)12-6-9(3,4)5-10/h10H,1,5-6H2,2-4H3. The Kier molecular flexibility index (Phi) is 3.96. The molecule has 0 heterocycles. The van der Waals surface area contributed by atoms with E-state index in [1.54, 1.807) is 6.92 Å². The van der Waals surface area contributed by atoms with Crippen LogP contribution in [-0.4, -0.2) is 24.3 Å². The molecule has 0 rings (SSSR count). The van der Waals surface area contributed by atoms with Crippen LogP contribution in [0.5, 0.6) is 0 Å². The largest absolute Gasteiger partial charge is 0.462 e. The van der Waals surface area contributed by atoms with E-state index in [1.807, 2.05) is 13.8 Å². The van der Waals surface area contributed by atoms with E-state index in [9.17, 15) is 4.79 Å². The quantitative estimate of drug-likeness (QED) is 0.510. The molecule has 70 valence electrons. The van der Waals surface area contributed by atoms with Crippen LogP contribution >= 0.6 is 0 Å². The summed E-state index contributed by atoms with van der Waals surface area (Å²) in [6.07, 6.45) is 0. The van der Waals surface area contributed by atoms with Gasteiger partial charge in [-0.1, -0.05) is 20.4 Å². The Morgan fingerprint density at radius 1 is 1.58 bits per heavy atom. The van der Waals surface area contributed by atoms with Crippen molar-refractivity contribution in [3.8, 4) is 0 Å². The smallest absolute Gasteiger partial charge is 0.333 e. The highest BCUT2D eigenvalue weighted by Gasteiger charge is 2.18. The van der Waals surface area contributed by atoms with Crippen LogP contribution in [-0.2, 0) is 9.53 Å². The Bertz CT molecular complexity index is 182. The van der Waals surface area contributed by atoms with Crippen molar-refractivity contribution in [3.63, 3.8) is 0 Å². The Balaban J connectivity index is 3.83. The van der Waals surface area contributed by atoms with Gasteiger partial charge >= 0.3 is 5.97 Å². The molecular formula is C9H16O3. The summed E-state index contributed by atoms with van der Waals surface area (Å²) >= 11 is 0. The molecule has 0 atom stereocenters. The number of ether oxygens (including phenoxy) is 1. The van der Waals surface area contributed by atoms with E-state index in [-0.39, 0.29) is 18.6 Å². The van der Waals surface area contributed by atoms with Gasteiger partial charge in [0, 0.05) is 11.0 Å². The first-order valence-corrected chi connectivity index (χ1v) is 3.82. The molecule has 3 nitrogen and oxygen atoms in total. The van der Waals surface area contributed by atoms with Crippen molar-refractivity contribution in [1.29, 1.82) is 0 Å². The van der Waals surface area contributed by atoms with Crippen LogP contribution in [0.3, 0.4) is 0 Å². The maximum Gasteiger partial charge on any atom is 0.333 e. The van der Waals surface area contributed by atoms with E-state index in [0.717, 1.165) is 0 Å². The van der Waals surface area contributed by atoms with Gasteiger partial charge in [-0.3, -0.25) is 0 Å². The summed E-state index contributed by atoms with van der Waals surface area (Å²) in [6, 6.07) is 0. The van der Waals surface area contributed by atoms with Gasteiger partial charge in [-0.05, 0) is 6.92 Å². The second-order valence-corrected chi connectivity index (χ2v) is 3.68. The highest BCUT2D eigenvalue weighted by atomic mass is 16.5. The zero-order valence-electron chi connectivity index (χ0n) is 7.89. The lowest BCUT2D eigenvalue weighted by Gasteiger charge is -2.20. The average molecular weight is 172 g/mol. The summed E-state index contributed by atoms with van der Waals surface area (Å²) in [5, 5.41) is 8.83. The van der Waals surface area contributed by atoms with Crippen LogP contribution < -0.4 is 0 Å². The molecule has 0 radical (unpaired) electrons. The molecule has 0 aromatic heterocycles. The average Bonchev–Trinajstić information content (AvgIpc) is 2.00. The molecular weight excluding hydrogens is 156 g/mol. The highest BCUT2D eigenvalue weighted by molar-refractivity contribution is 5.86. The maximum atomic E-state index is 10.9. The van der Waals surface area contributed by atoms with Gasteiger partial charge in [0.15, 0.2) is 0 Å². The monoisotopic (exact) mass is 172 g/mol. The fraction of sp³-hybridized carbons (Fsp3) is 0.667. The number of hydrogen-bond donors (Lipinski definition) is 1. The van der Waals surface area contributed by atoms with Crippen LogP contribution in [0.15, 0.2) is 12.2 Å². The lowest BCUT2D eigenvalue weighted by Crippen LogP contribution is -2.25. The van der Waals surface area contributed by atoms with Gasteiger partial charge in [0.1, 0.15) is 0 Å². The molecule has 0 fully saturated rings. The van der Waals surface area contributed by atoms with Crippen LogP contribution in [0.4, 0.5) is 0 Å². The number of hydrogen-bond acceptors (Lipinski definition) is 3. The van der Waals surface area contributed by atoms with Crippen molar-refractivity contribution < 1.29 is 14.6 Å². The summed E-state index contributed by atoms with van der Waals surface area (Å²) in [5.41, 5.74) is 0.00853. The summed E-state index contributed by atoms with van der Waals surface area (Å²) < 4.78 is 4.86. The number of rotatable bonds is 4. The summed E-state index contributed by atoms with van der Waals surface area (Å²) in [6.45, 7) is 8.89. The fourth-order valence-corrected chi connectivity index (χ4v) is 0.430. The lowest BCUT2D eigenvalue weighted by atomic mass is 9.97. The zero-order chi connectivity index (χ0) is 9.78. The van der Waals surface area contributed by atoms with Crippen LogP contribution in [0, 0.1) is 5.41 Å². The number of carbonyl (C=O) groups is 1. The first-order chi connectivity index (χ1) is 5.39. The van der Waals surface area contributed by atoms with Gasteiger partial charge in [0.25, 0.3) is 0 Å². The van der Waals surface area contributed by atoms with Crippen LogP contribution in [0.25, 0.3) is 0 Å². The molecule has 0 spiro atoms. The zero-order valence-corrected chi connectivity index (χ0v) is 7.89. The van der Waals surface area contributed by atoms with Gasteiger partial charge in [-0.2, -0.15) is 0 Å². The third kappa shape index (κ3) is 4.13. The van der Waals surface area contributed by atoms with Gasteiger partial charge < -0.3 is 9.84 Å². The van der Waals surface area contributed by atoms with Crippen molar-refractivity contribution in [2.24, 2.45) is 5.41 Å². The van der Waals surface area contributed by atoms with E-state index in [1.165, 1.54) is 0 Å². The molecule has 12 heavy (non-hydrogen) atoms. The Hall–Kier alpha value is -0.830. The third-order valence-corrected chi connectivity index (χ3v) is 1.37. The van der Waals surface area contributed by atoms with Gasteiger partial charge in [0.05, 0.1) is 13.2 Å². The molecule has 0 bridgehead atoms. The van der Waals surface area contributed by atoms with Crippen molar-refractivity contribution in [2.45, 2.75) is 20.8 Å². The molecule has 1 N–H and O–H groups in total. The van der Waals surface area contributed by atoms with E-state index >= 15 is 0 Å². The minimum Gasteiger partial charge on any atom is -0.462 e. The summed E-state index contributed by atoms with van der Waals surface area (Å²) in [4.78, 5) is 10.9. The second kappa shape index (κ2) is 4.26. The van der Waals surface area contributed by atoms with E-state index < -0.39 is 5.97 Å². The first kappa shape index (κ1) is 11.2. The van der Waals surface area contributed by atoms with Gasteiger partial charge in [-0.25, -0.2) is 4.79 Å². The third-order valence-electron chi connectivity index (χ3n) is 1.37. The molecule has 0 aromatic rings. The van der Waals surface area contributed by atoms with Crippen molar-refractivity contribution in [3.05, 3.63) is 12.2 Å². The normalized spacial score (nSPS) is 11.0. The summed E-state index contributed by atoms with van der Waals surface area (Å²) in [5.74, 6) is -0.406. The Morgan fingerprint density at radius 2 is 2.08 bits per heavy atom. The first-order valence-electron chi connectivity index (χ1n) is 3.82. The molecule has 0 unspecified atom stereocenters. The number of carbonyl (C=O) groups excluding carboxylic acids is 1. The summed E-state index contributed by atoms with van der Waals surface area (Å²) in [7, 11) is 0. The molecule has 0 aliphatic rings. The molecule has 0 aliphatic heterocycles. The van der Waals surface area contributed by atoms with Gasteiger partial charge in [-0.15, -0.1) is 0 Å². The lowest BCUT2D eigenvalue weighted by molar-refractivity contribution is -0.142. The van der Waals surface area contributed by atoms with Crippen molar-refractivity contribution in [2.75, 3.05) is 13.2 Å². The van der Waals surface area contributed by atoms with Crippen LogP contribution in [0.1, 0.15) is 20.8 Å². The van der Waals surface area contributed by atoms with E-state index in [2.05, 4.69) is 6.58 Å².